The largest absolute Gasteiger partial charge is 0.495 e. The van der Waals surface area contributed by atoms with Gasteiger partial charge in [0, 0.05) is 23.5 Å². The van der Waals surface area contributed by atoms with Gasteiger partial charge in [-0.1, -0.05) is 0 Å². The van der Waals surface area contributed by atoms with Crippen LogP contribution in [0, 0.1) is 0 Å². The molecule has 0 atom stereocenters. The smallest absolute Gasteiger partial charge is 0.252 e. The quantitative estimate of drug-likeness (QED) is 0.747. The summed E-state index contributed by atoms with van der Waals surface area (Å²) in [4.78, 5) is 15.4. The van der Waals surface area contributed by atoms with E-state index >= 15 is 0 Å². The van der Waals surface area contributed by atoms with Crippen LogP contribution in [0.1, 0.15) is 10.4 Å². The normalized spacial score (nSPS) is 10.7. The van der Waals surface area contributed by atoms with E-state index in [2.05, 4.69) is 10.1 Å². The Morgan fingerprint density at radius 2 is 2.05 bits per heavy atom. The van der Waals surface area contributed by atoms with Gasteiger partial charge >= 0.3 is 0 Å². The first-order chi connectivity index (χ1) is 10.1. The maximum Gasteiger partial charge on any atom is 0.252 e. The number of methoxy groups -OCH3 is 1. The topological polar surface area (TPSA) is 109 Å². The highest BCUT2D eigenvalue weighted by atomic mass is 16.5. The first-order valence-electron chi connectivity index (χ1n) is 6.16. The molecule has 0 saturated carbocycles. The molecule has 0 aliphatic carbocycles. The van der Waals surface area contributed by atoms with Gasteiger partial charge < -0.3 is 16.2 Å². The van der Waals surface area contributed by atoms with Crippen LogP contribution >= 0.6 is 0 Å². The van der Waals surface area contributed by atoms with Gasteiger partial charge in [0.15, 0.2) is 0 Å². The predicted octanol–water partition coefficient (Wildman–Crippen LogP) is 1.09. The van der Waals surface area contributed by atoms with Crippen LogP contribution < -0.4 is 16.2 Å². The zero-order chi connectivity index (χ0) is 15.0. The first kappa shape index (κ1) is 12.9. The second-order valence-electron chi connectivity index (χ2n) is 4.51. The summed E-state index contributed by atoms with van der Waals surface area (Å²) < 4.78 is 6.75. The van der Waals surface area contributed by atoms with Crippen molar-refractivity contribution in [2.45, 2.75) is 0 Å². The number of pyridine rings is 1. The van der Waals surface area contributed by atoms with Crippen LogP contribution in [0.15, 0.2) is 36.9 Å². The average Bonchev–Trinajstić information content (AvgIpc) is 2.92. The Balaban J connectivity index is 2.17. The SMILES string of the molecule is COc1cncc(-c2cc3c(N)c(C(N)=O)cnn3c2)c1. The number of fused-ring (bicyclic) bond motifs is 1. The van der Waals surface area contributed by atoms with E-state index in [4.69, 9.17) is 16.2 Å². The van der Waals surface area contributed by atoms with E-state index in [1.807, 2.05) is 12.1 Å². The molecule has 3 aromatic rings. The number of rotatable bonds is 3. The standard InChI is InChI=1S/C14H13N5O2/c1-21-10-2-8(4-17-5-10)9-3-12-13(15)11(14(16)20)6-18-19(12)7-9/h2-7H,15H2,1H3,(H2,16,20). The first-order valence-corrected chi connectivity index (χ1v) is 6.16. The lowest BCUT2D eigenvalue weighted by atomic mass is 10.1. The van der Waals surface area contributed by atoms with Gasteiger partial charge in [0.2, 0.25) is 0 Å². The molecule has 0 saturated heterocycles. The number of carbonyl (C=O) groups excluding carboxylic acids is 1. The van der Waals surface area contributed by atoms with E-state index in [0.29, 0.717) is 17.0 Å². The second-order valence-corrected chi connectivity index (χ2v) is 4.51. The fraction of sp³-hybridized carbons (Fsp3) is 0.0714. The Bertz CT molecular complexity index is 840. The molecule has 7 nitrogen and oxygen atoms in total. The van der Waals surface area contributed by atoms with Crippen LogP contribution in [-0.4, -0.2) is 27.6 Å². The summed E-state index contributed by atoms with van der Waals surface area (Å²) in [6, 6.07) is 3.68. The maximum absolute atomic E-state index is 11.3. The lowest BCUT2D eigenvalue weighted by molar-refractivity contribution is 0.100. The monoisotopic (exact) mass is 283 g/mol. The fourth-order valence-electron chi connectivity index (χ4n) is 2.12. The van der Waals surface area contributed by atoms with Crippen LogP contribution in [0.2, 0.25) is 0 Å². The number of amides is 1. The molecule has 0 fully saturated rings. The summed E-state index contributed by atoms with van der Waals surface area (Å²) >= 11 is 0. The molecule has 3 rings (SSSR count). The van der Waals surface area contributed by atoms with Gasteiger partial charge in [-0.25, -0.2) is 4.52 Å². The zero-order valence-electron chi connectivity index (χ0n) is 11.3. The van der Waals surface area contributed by atoms with Gasteiger partial charge in [-0.15, -0.1) is 0 Å². The van der Waals surface area contributed by atoms with Gasteiger partial charge in [-0.05, 0) is 12.1 Å². The van der Waals surface area contributed by atoms with Crippen LogP contribution in [0.4, 0.5) is 5.69 Å². The molecular formula is C14H13N5O2. The van der Waals surface area contributed by atoms with Crippen LogP contribution in [0.3, 0.4) is 0 Å². The van der Waals surface area contributed by atoms with Crippen molar-refractivity contribution in [3.63, 3.8) is 0 Å². The van der Waals surface area contributed by atoms with Gasteiger partial charge in [-0.3, -0.25) is 9.78 Å². The summed E-state index contributed by atoms with van der Waals surface area (Å²) in [7, 11) is 1.58. The minimum absolute atomic E-state index is 0.205. The van der Waals surface area contributed by atoms with Gasteiger partial charge in [-0.2, -0.15) is 5.10 Å². The number of nitrogens with two attached hydrogens (primary N) is 2. The molecule has 3 aromatic heterocycles. The molecule has 106 valence electrons. The van der Waals surface area contributed by atoms with Crippen molar-refractivity contribution < 1.29 is 9.53 Å². The molecule has 0 bridgehead atoms. The Labute approximate surface area is 120 Å². The number of primary amides is 1. The number of ether oxygens (including phenoxy) is 1. The van der Waals surface area contributed by atoms with Crippen molar-refractivity contribution in [2.24, 2.45) is 5.73 Å². The van der Waals surface area contributed by atoms with Crippen molar-refractivity contribution >= 4 is 17.1 Å². The number of anilines is 1. The number of carbonyl (C=O) groups is 1. The molecule has 0 aliphatic heterocycles. The van der Waals surface area contributed by atoms with E-state index in [0.717, 1.165) is 11.1 Å². The van der Waals surface area contributed by atoms with Gasteiger partial charge in [0.1, 0.15) is 5.75 Å². The highest BCUT2D eigenvalue weighted by Crippen LogP contribution is 2.27. The third kappa shape index (κ3) is 2.14. The third-order valence-electron chi connectivity index (χ3n) is 3.23. The zero-order valence-corrected chi connectivity index (χ0v) is 11.3. The van der Waals surface area contributed by atoms with E-state index in [-0.39, 0.29) is 5.56 Å². The molecule has 1 amide bonds. The summed E-state index contributed by atoms with van der Waals surface area (Å²) in [6.07, 6.45) is 6.49. The average molecular weight is 283 g/mol. The summed E-state index contributed by atoms with van der Waals surface area (Å²) in [5.74, 6) is 0.0507. The highest BCUT2D eigenvalue weighted by molar-refractivity contribution is 6.01. The molecule has 0 radical (unpaired) electrons. The molecule has 7 heteroatoms. The van der Waals surface area contributed by atoms with Gasteiger partial charge in [0.05, 0.1) is 36.3 Å². The predicted molar refractivity (Wildman–Crippen MR) is 77.9 cm³/mol. The van der Waals surface area contributed by atoms with E-state index in [9.17, 15) is 4.79 Å². The Morgan fingerprint density at radius 3 is 2.76 bits per heavy atom. The Kier molecular flexibility index (Phi) is 2.94. The summed E-state index contributed by atoms with van der Waals surface area (Å²) in [5.41, 5.74) is 14.1. The molecule has 4 N–H and O–H groups in total. The number of nitrogen functional groups attached to an aromatic ring is 1. The lowest BCUT2D eigenvalue weighted by Gasteiger charge is -2.02. The summed E-state index contributed by atoms with van der Waals surface area (Å²) in [6.45, 7) is 0. The Hall–Kier alpha value is -3.09. The Morgan fingerprint density at radius 1 is 1.24 bits per heavy atom. The molecule has 0 unspecified atom stereocenters. The molecule has 21 heavy (non-hydrogen) atoms. The van der Waals surface area contributed by atoms with E-state index in [1.54, 1.807) is 30.2 Å². The number of hydrogen-bond acceptors (Lipinski definition) is 5. The molecule has 0 aliphatic rings. The molecule has 0 aromatic carbocycles. The molecule has 0 spiro atoms. The third-order valence-corrected chi connectivity index (χ3v) is 3.23. The lowest BCUT2D eigenvalue weighted by Crippen LogP contribution is -2.15. The highest BCUT2D eigenvalue weighted by Gasteiger charge is 2.13. The maximum atomic E-state index is 11.3. The van der Waals surface area contributed by atoms with E-state index < -0.39 is 5.91 Å². The molecular weight excluding hydrogens is 270 g/mol. The van der Waals surface area contributed by atoms with Crippen LogP contribution in [0.25, 0.3) is 16.6 Å². The van der Waals surface area contributed by atoms with Crippen molar-refractivity contribution in [3.8, 4) is 16.9 Å². The van der Waals surface area contributed by atoms with Crippen LogP contribution in [0.5, 0.6) is 5.75 Å². The van der Waals surface area contributed by atoms with Crippen molar-refractivity contribution in [1.29, 1.82) is 0 Å². The minimum Gasteiger partial charge on any atom is -0.495 e. The molecule has 3 heterocycles. The minimum atomic E-state index is -0.603. The van der Waals surface area contributed by atoms with Crippen molar-refractivity contribution in [3.05, 3.63) is 42.5 Å². The van der Waals surface area contributed by atoms with Gasteiger partial charge in [0.25, 0.3) is 5.91 Å². The number of aromatic nitrogens is 3. The van der Waals surface area contributed by atoms with Crippen molar-refractivity contribution in [1.82, 2.24) is 14.6 Å². The van der Waals surface area contributed by atoms with Crippen molar-refractivity contribution in [2.75, 3.05) is 12.8 Å². The van der Waals surface area contributed by atoms with E-state index in [1.165, 1.54) is 6.20 Å². The number of hydrogen-bond donors (Lipinski definition) is 2. The van der Waals surface area contributed by atoms with Crippen LogP contribution in [-0.2, 0) is 0 Å². The fourth-order valence-corrected chi connectivity index (χ4v) is 2.12. The second kappa shape index (κ2) is 4.78. The summed E-state index contributed by atoms with van der Waals surface area (Å²) in [5, 5.41) is 4.14. The number of nitrogens with zero attached hydrogens (tertiary/aromatic N) is 3.